The Kier molecular flexibility index (Phi) is 6.82. The van der Waals surface area contributed by atoms with Crippen LogP contribution < -0.4 is 10.1 Å². The van der Waals surface area contributed by atoms with Gasteiger partial charge in [-0.2, -0.15) is 0 Å². The summed E-state index contributed by atoms with van der Waals surface area (Å²) in [6.07, 6.45) is 1.89. The van der Waals surface area contributed by atoms with Crippen molar-refractivity contribution >= 4 is 11.9 Å². The van der Waals surface area contributed by atoms with E-state index in [-0.39, 0.29) is 12.3 Å². The van der Waals surface area contributed by atoms with E-state index in [2.05, 4.69) is 5.32 Å². The number of aliphatic carboxylic acids is 1. The SMILES string of the molecule is Cc1ccc(OCCCC(=O)NC2(CC(=O)O)CCOCC2)cc1C. The van der Waals surface area contributed by atoms with Gasteiger partial charge in [0.05, 0.1) is 18.6 Å². The van der Waals surface area contributed by atoms with Crippen LogP contribution in [0, 0.1) is 13.8 Å². The minimum Gasteiger partial charge on any atom is -0.494 e. The summed E-state index contributed by atoms with van der Waals surface area (Å²) in [5.74, 6) is -0.234. The minimum atomic E-state index is -0.903. The Morgan fingerprint density at radius 2 is 1.96 bits per heavy atom. The highest BCUT2D eigenvalue weighted by Gasteiger charge is 2.36. The van der Waals surface area contributed by atoms with Gasteiger partial charge < -0.3 is 19.9 Å². The maximum absolute atomic E-state index is 12.2. The Balaban J connectivity index is 1.76. The number of carboxylic acid groups (broad SMARTS) is 1. The van der Waals surface area contributed by atoms with Crippen molar-refractivity contribution < 1.29 is 24.2 Å². The largest absolute Gasteiger partial charge is 0.494 e. The zero-order valence-corrected chi connectivity index (χ0v) is 15.0. The summed E-state index contributed by atoms with van der Waals surface area (Å²) < 4.78 is 11.0. The smallest absolute Gasteiger partial charge is 0.305 e. The molecule has 0 radical (unpaired) electrons. The fraction of sp³-hybridized carbons (Fsp3) is 0.579. The minimum absolute atomic E-state index is 0.0682. The molecule has 2 N–H and O–H groups in total. The molecule has 1 saturated heterocycles. The van der Waals surface area contributed by atoms with Gasteiger partial charge in [0.15, 0.2) is 0 Å². The second-order valence-corrected chi connectivity index (χ2v) is 6.71. The molecule has 0 aromatic heterocycles. The number of hydrogen-bond acceptors (Lipinski definition) is 4. The number of nitrogens with one attached hydrogen (secondary N) is 1. The van der Waals surface area contributed by atoms with Gasteiger partial charge in [-0.1, -0.05) is 6.07 Å². The van der Waals surface area contributed by atoms with Gasteiger partial charge in [0, 0.05) is 19.6 Å². The Morgan fingerprint density at radius 1 is 1.24 bits per heavy atom. The number of rotatable bonds is 8. The Labute approximate surface area is 148 Å². The molecule has 25 heavy (non-hydrogen) atoms. The molecule has 6 heteroatoms. The highest BCUT2D eigenvalue weighted by Crippen LogP contribution is 2.25. The Hall–Kier alpha value is -2.08. The van der Waals surface area contributed by atoms with E-state index in [0.717, 1.165) is 5.75 Å². The predicted octanol–water partition coefficient (Wildman–Crippen LogP) is 2.60. The number of carboxylic acids is 1. The molecule has 0 saturated carbocycles. The van der Waals surface area contributed by atoms with Crippen LogP contribution in [0.25, 0.3) is 0 Å². The lowest BCUT2D eigenvalue weighted by Gasteiger charge is -2.36. The number of ether oxygens (including phenoxy) is 2. The number of benzene rings is 1. The van der Waals surface area contributed by atoms with Gasteiger partial charge in [0.1, 0.15) is 5.75 Å². The molecule has 1 aromatic carbocycles. The maximum atomic E-state index is 12.2. The molecule has 6 nitrogen and oxygen atoms in total. The zero-order valence-electron chi connectivity index (χ0n) is 15.0. The van der Waals surface area contributed by atoms with Gasteiger partial charge in [0.25, 0.3) is 0 Å². The molecule has 2 rings (SSSR count). The summed E-state index contributed by atoms with van der Waals surface area (Å²) in [5, 5.41) is 12.0. The van der Waals surface area contributed by atoms with Crippen LogP contribution in [0.2, 0.25) is 0 Å². The van der Waals surface area contributed by atoms with Crippen LogP contribution >= 0.6 is 0 Å². The van der Waals surface area contributed by atoms with Crippen LogP contribution in [0.4, 0.5) is 0 Å². The lowest BCUT2D eigenvalue weighted by atomic mass is 9.86. The quantitative estimate of drug-likeness (QED) is 0.705. The predicted molar refractivity (Wildman–Crippen MR) is 93.8 cm³/mol. The molecular weight excluding hydrogens is 322 g/mol. The normalized spacial score (nSPS) is 16.2. The van der Waals surface area contributed by atoms with Gasteiger partial charge in [-0.3, -0.25) is 9.59 Å². The number of hydrogen-bond donors (Lipinski definition) is 2. The van der Waals surface area contributed by atoms with Gasteiger partial charge in [-0.05, 0) is 56.4 Å². The third kappa shape index (κ3) is 6.05. The molecule has 1 heterocycles. The molecule has 1 aliphatic heterocycles. The highest BCUT2D eigenvalue weighted by molar-refractivity contribution is 5.78. The van der Waals surface area contributed by atoms with E-state index in [9.17, 15) is 9.59 Å². The molecule has 138 valence electrons. The second-order valence-electron chi connectivity index (χ2n) is 6.71. The van der Waals surface area contributed by atoms with Crippen LogP contribution in [0.5, 0.6) is 5.75 Å². The molecule has 1 amide bonds. The number of carbonyl (C=O) groups is 2. The van der Waals surface area contributed by atoms with Crippen molar-refractivity contribution in [2.24, 2.45) is 0 Å². The fourth-order valence-corrected chi connectivity index (χ4v) is 2.98. The summed E-state index contributed by atoms with van der Waals surface area (Å²) in [5.41, 5.74) is 1.70. The average molecular weight is 349 g/mol. The topological polar surface area (TPSA) is 84.9 Å². The number of carbonyl (C=O) groups excluding carboxylic acids is 1. The maximum Gasteiger partial charge on any atom is 0.305 e. The molecule has 0 atom stereocenters. The van der Waals surface area contributed by atoms with Crippen LogP contribution in [-0.2, 0) is 14.3 Å². The van der Waals surface area contributed by atoms with E-state index in [1.165, 1.54) is 11.1 Å². The molecule has 0 spiro atoms. The van der Waals surface area contributed by atoms with Crippen molar-refractivity contribution in [3.8, 4) is 5.75 Å². The second kappa shape index (κ2) is 8.85. The van der Waals surface area contributed by atoms with Crippen molar-refractivity contribution in [3.05, 3.63) is 29.3 Å². The van der Waals surface area contributed by atoms with Crippen molar-refractivity contribution in [1.82, 2.24) is 5.32 Å². The summed E-state index contributed by atoms with van der Waals surface area (Å²) >= 11 is 0. The first-order chi connectivity index (χ1) is 11.9. The molecular formula is C19H27NO5. The van der Waals surface area contributed by atoms with Gasteiger partial charge in [0.2, 0.25) is 5.91 Å². The first kappa shape index (κ1) is 19.2. The standard InChI is InChI=1S/C19H27NO5/c1-14-5-6-16(12-15(14)2)25-9-3-4-17(21)20-19(13-18(22)23)7-10-24-11-8-19/h5-6,12H,3-4,7-11,13H2,1-2H3,(H,20,21)(H,22,23). The number of aryl methyl sites for hydroxylation is 2. The third-order valence-electron chi connectivity index (χ3n) is 4.64. The van der Waals surface area contributed by atoms with E-state index in [0.29, 0.717) is 45.5 Å². The van der Waals surface area contributed by atoms with Gasteiger partial charge >= 0.3 is 5.97 Å². The first-order valence-corrected chi connectivity index (χ1v) is 8.71. The summed E-state index contributed by atoms with van der Waals surface area (Å²) in [4.78, 5) is 23.3. The third-order valence-corrected chi connectivity index (χ3v) is 4.64. The lowest BCUT2D eigenvalue weighted by Crippen LogP contribution is -2.53. The molecule has 1 fully saturated rings. The van der Waals surface area contributed by atoms with Crippen molar-refractivity contribution in [2.45, 2.75) is 51.5 Å². The summed E-state index contributed by atoms with van der Waals surface area (Å²) in [6, 6.07) is 5.92. The van der Waals surface area contributed by atoms with E-state index in [1.807, 2.05) is 32.0 Å². The van der Waals surface area contributed by atoms with E-state index in [4.69, 9.17) is 14.6 Å². The summed E-state index contributed by atoms with van der Waals surface area (Å²) in [7, 11) is 0. The molecule has 1 aliphatic rings. The van der Waals surface area contributed by atoms with E-state index < -0.39 is 11.5 Å². The molecule has 1 aromatic rings. The van der Waals surface area contributed by atoms with Gasteiger partial charge in [-0.25, -0.2) is 0 Å². The lowest BCUT2D eigenvalue weighted by molar-refractivity contribution is -0.140. The fourth-order valence-electron chi connectivity index (χ4n) is 2.98. The van der Waals surface area contributed by atoms with Crippen LogP contribution in [-0.4, -0.2) is 42.3 Å². The van der Waals surface area contributed by atoms with Crippen molar-refractivity contribution in [2.75, 3.05) is 19.8 Å². The van der Waals surface area contributed by atoms with Crippen LogP contribution in [0.15, 0.2) is 18.2 Å². The zero-order chi connectivity index (χ0) is 18.3. The monoisotopic (exact) mass is 349 g/mol. The van der Waals surface area contributed by atoms with Crippen LogP contribution in [0.1, 0.15) is 43.2 Å². The van der Waals surface area contributed by atoms with E-state index >= 15 is 0 Å². The number of amides is 1. The van der Waals surface area contributed by atoms with Gasteiger partial charge in [-0.15, -0.1) is 0 Å². The Morgan fingerprint density at radius 3 is 2.60 bits per heavy atom. The summed E-state index contributed by atoms with van der Waals surface area (Å²) in [6.45, 7) is 5.48. The van der Waals surface area contributed by atoms with E-state index in [1.54, 1.807) is 0 Å². The average Bonchev–Trinajstić information content (AvgIpc) is 2.54. The Bertz CT molecular complexity index is 608. The first-order valence-electron chi connectivity index (χ1n) is 8.71. The highest BCUT2D eigenvalue weighted by atomic mass is 16.5. The van der Waals surface area contributed by atoms with Crippen LogP contribution in [0.3, 0.4) is 0 Å². The van der Waals surface area contributed by atoms with Crippen molar-refractivity contribution in [1.29, 1.82) is 0 Å². The molecule has 0 bridgehead atoms. The van der Waals surface area contributed by atoms with Crippen molar-refractivity contribution in [3.63, 3.8) is 0 Å². The molecule has 0 aliphatic carbocycles. The molecule has 0 unspecified atom stereocenters.